The van der Waals surface area contributed by atoms with Crippen molar-refractivity contribution in [1.82, 2.24) is 5.32 Å². The Morgan fingerprint density at radius 3 is 1.62 bits per heavy atom. The number of quaternary nitrogens is 1. The summed E-state index contributed by atoms with van der Waals surface area (Å²) in [6, 6.07) is 0.614. The van der Waals surface area contributed by atoms with Gasteiger partial charge in [-0.2, -0.15) is 0 Å². The van der Waals surface area contributed by atoms with Crippen LogP contribution in [-0.2, 0) is 4.79 Å². The SMILES string of the molecule is C=C(C)C(=O)NC(CC)[NH2+]C(CC)CCCCCCCCCCCCCCC.[Cl-]. The number of carbonyl (C=O) groups is 1. The van der Waals surface area contributed by atoms with Crippen molar-refractivity contribution >= 4 is 5.91 Å². The minimum atomic E-state index is -0.0149. The Balaban J connectivity index is 0. The highest BCUT2D eigenvalue weighted by atomic mass is 35.5. The molecule has 0 spiro atoms. The summed E-state index contributed by atoms with van der Waals surface area (Å²) in [6.45, 7) is 12.2. The van der Waals surface area contributed by atoms with E-state index < -0.39 is 0 Å². The van der Waals surface area contributed by atoms with Crippen LogP contribution in [0.2, 0.25) is 0 Å². The fourth-order valence-electron chi connectivity index (χ4n) is 3.77. The average molecular weight is 431 g/mol. The molecule has 3 nitrogen and oxygen atoms in total. The first-order valence-corrected chi connectivity index (χ1v) is 12.4. The molecular weight excluding hydrogens is 380 g/mol. The molecular formula is C25H51ClN2O. The van der Waals surface area contributed by atoms with Crippen LogP contribution in [-0.4, -0.2) is 18.1 Å². The molecule has 1 amide bonds. The standard InChI is InChI=1S/C25H50N2O.ClH/c1-6-9-10-11-12-13-14-15-16-17-18-19-20-21-23(7-2)26-24(8-3)27-25(28)22(4)5;/h23-24,26H,4,6-21H2,1-3,5H3,(H,27,28);1H. The molecule has 0 aliphatic carbocycles. The summed E-state index contributed by atoms with van der Waals surface area (Å²) >= 11 is 0. The summed E-state index contributed by atoms with van der Waals surface area (Å²) in [7, 11) is 0. The smallest absolute Gasteiger partial charge is 0.250 e. The van der Waals surface area contributed by atoms with Gasteiger partial charge >= 0.3 is 0 Å². The van der Waals surface area contributed by atoms with Gasteiger partial charge in [0.2, 0.25) is 0 Å². The van der Waals surface area contributed by atoms with Crippen LogP contribution in [0.3, 0.4) is 0 Å². The lowest BCUT2D eigenvalue weighted by molar-refractivity contribution is -0.725. The lowest BCUT2D eigenvalue weighted by Gasteiger charge is -2.22. The molecule has 0 heterocycles. The van der Waals surface area contributed by atoms with E-state index >= 15 is 0 Å². The molecule has 2 atom stereocenters. The number of unbranched alkanes of at least 4 members (excludes halogenated alkanes) is 12. The molecule has 0 aromatic carbocycles. The van der Waals surface area contributed by atoms with Gasteiger partial charge < -0.3 is 23.0 Å². The highest BCUT2D eigenvalue weighted by molar-refractivity contribution is 5.92. The number of rotatable bonds is 20. The summed E-state index contributed by atoms with van der Waals surface area (Å²) in [5.41, 5.74) is 0.594. The Morgan fingerprint density at radius 2 is 1.24 bits per heavy atom. The summed E-state index contributed by atoms with van der Waals surface area (Å²) in [5.74, 6) is -0.0149. The Bertz CT molecular complexity index is 387. The molecule has 0 rings (SSSR count). The highest BCUT2D eigenvalue weighted by Crippen LogP contribution is 2.13. The van der Waals surface area contributed by atoms with Gasteiger partial charge in [0.1, 0.15) is 0 Å². The fourth-order valence-corrected chi connectivity index (χ4v) is 3.77. The van der Waals surface area contributed by atoms with E-state index in [-0.39, 0.29) is 24.5 Å². The van der Waals surface area contributed by atoms with Crippen LogP contribution in [0.5, 0.6) is 0 Å². The monoisotopic (exact) mass is 430 g/mol. The molecule has 0 saturated carbocycles. The van der Waals surface area contributed by atoms with Crippen LogP contribution >= 0.6 is 0 Å². The number of nitrogens with two attached hydrogens (primary N) is 1. The molecule has 0 radical (unpaired) electrons. The molecule has 3 N–H and O–H groups in total. The normalized spacial score (nSPS) is 12.8. The van der Waals surface area contributed by atoms with Crippen molar-refractivity contribution < 1.29 is 22.5 Å². The van der Waals surface area contributed by atoms with Gasteiger partial charge in [0.25, 0.3) is 5.91 Å². The number of nitrogens with one attached hydrogen (secondary N) is 1. The van der Waals surface area contributed by atoms with E-state index in [2.05, 4.69) is 38.0 Å². The van der Waals surface area contributed by atoms with E-state index in [9.17, 15) is 4.79 Å². The molecule has 4 heteroatoms. The van der Waals surface area contributed by atoms with E-state index in [1.807, 2.05) is 0 Å². The summed E-state index contributed by atoms with van der Waals surface area (Å²) < 4.78 is 0. The Kier molecular flexibility index (Phi) is 23.4. The van der Waals surface area contributed by atoms with E-state index in [0.29, 0.717) is 11.6 Å². The quantitative estimate of drug-likeness (QED) is 0.174. The van der Waals surface area contributed by atoms with E-state index in [1.165, 1.54) is 89.9 Å². The van der Waals surface area contributed by atoms with Crippen LogP contribution in [0, 0.1) is 0 Å². The topological polar surface area (TPSA) is 45.7 Å². The van der Waals surface area contributed by atoms with Gasteiger partial charge in [0.05, 0.1) is 6.04 Å². The van der Waals surface area contributed by atoms with Crippen LogP contribution in [0.25, 0.3) is 0 Å². The number of amides is 1. The predicted molar refractivity (Wildman–Crippen MR) is 123 cm³/mol. The van der Waals surface area contributed by atoms with Crippen molar-refractivity contribution in [2.45, 2.75) is 143 Å². The fraction of sp³-hybridized carbons (Fsp3) is 0.880. The lowest BCUT2D eigenvalue weighted by Crippen LogP contribution is -3.00. The van der Waals surface area contributed by atoms with Gasteiger partial charge in [0.15, 0.2) is 6.17 Å². The summed E-state index contributed by atoms with van der Waals surface area (Å²) in [4.78, 5) is 11.8. The zero-order chi connectivity index (χ0) is 21.0. The van der Waals surface area contributed by atoms with Crippen molar-refractivity contribution in [2.75, 3.05) is 0 Å². The minimum absolute atomic E-state index is 0. The Morgan fingerprint density at radius 1 is 0.793 bits per heavy atom. The van der Waals surface area contributed by atoms with Gasteiger partial charge in [-0.3, -0.25) is 4.79 Å². The van der Waals surface area contributed by atoms with Crippen molar-refractivity contribution in [3.63, 3.8) is 0 Å². The first-order valence-electron chi connectivity index (χ1n) is 12.4. The van der Waals surface area contributed by atoms with Gasteiger partial charge in [-0.25, -0.2) is 0 Å². The Labute approximate surface area is 188 Å². The second-order valence-electron chi connectivity index (χ2n) is 8.66. The number of halogens is 1. The maximum atomic E-state index is 11.8. The highest BCUT2D eigenvalue weighted by Gasteiger charge is 2.18. The van der Waals surface area contributed by atoms with Gasteiger partial charge in [-0.1, -0.05) is 104 Å². The van der Waals surface area contributed by atoms with Crippen LogP contribution in [0.15, 0.2) is 12.2 Å². The molecule has 0 aliphatic heterocycles. The molecule has 2 unspecified atom stereocenters. The maximum absolute atomic E-state index is 11.8. The van der Waals surface area contributed by atoms with Crippen molar-refractivity contribution in [1.29, 1.82) is 0 Å². The molecule has 0 bridgehead atoms. The molecule has 0 saturated heterocycles. The zero-order valence-corrected chi connectivity index (χ0v) is 20.8. The van der Waals surface area contributed by atoms with Crippen LogP contribution in [0.4, 0.5) is 0 Å². The van der Waals surface area contributed by atoms with Crippen molar-refractivity contribution in [3.05, 3.63) is 12.2 Å². The second-order valence-corrected chi connectivity index (χ2v) is 8.66. The van der Waals surface area contributed by atoms with Crippen LogP contribution in [0.1, 0.15) is 130 Å². The van der Waals surface area contributed by atoms with Crippen LogP contribution < -0.4 is 23.0 Å². The third-order valence-electron chi connectivity index (χ3n) is 5.85. The number of hydrogen-bond acceptors (Lipinski definition) is 1. The number of hydrogen-bond donors (Lipinski definition) is 2. The third kappa shape index (κ3) is 19.2. The third-order valence-corrected chi connectivity index (χ3v) is 5.85. The molecule has 0 aromatic rings. The predicted octanol–water partition coefficient (Wildman–Crippen LogP) is 3.24. The maximum Gasteiger partial charge on any atom is 0.250 e. The molecule has 29 heavy (non-hydrogen) atoms. The van der Waals surface area contributed by atoms with Gasteiger partial charge in [-0.05, 0) is 26.2 Å². The molecule has 174 valence electrons. The van der Waals surface area contributed by atoms with E-state index in [0.717, 1.165) is 12.8 Å². The Hall–Kier alpha value is -0.540. The van der Waals surface area contributed by atoms with Crippen molar-refractivity contribution in [3.8, 4) is 0 Å². The molecule has 0 aromatic heterocycles. The lowest BCUT2D eigenvalue weighted by atomic mass is 10.0. The van der Waals surface area contributed by atoms with Crippen molar-refractivity contribution in [2.24, 2.45) is 0 Å². The minimum Gasteiger partial charge on any atom is -1.00 e. The van der Waals surface area contributed by atoms with Gasteiger partial charge in [0, 0.05) is 12.0 Å². The average Bonchev–Trinajstić information content (AvgIpc) is 2.69. The second kappa shape index (κ2) is 22.2. The first kappa shape index (κ1) is 30.7. The first-order chi connectivity index (χ1) is 13.5. The summed E-state index contributed by atoms with van der Waals surface area (Å²) in [5, 5.41) is 5.45. The van der Waals surface area contributed by atoms with Gasteiger partial charge in [-0.15, -0.1) is 0 Å². The number of carbonyl (C=O) groups excluding carboxylic acids is 1. The molecule has 0 aliphatic rings. The largest absolute Gasteiger partial charge is 1.00 e. The zero-order valence-electron chi connectivity index (χ0n) is 20.0. The summed E-state index contributed by atoms with van der Waals surface area (Å²) in [6.07, 6.45) is 21.8. The van der Waals surface area contributed by atoms with E-state index in [1.54, 1.807) is 6.92 Å². The molecule has 0 fully saturated rings. The van der Waals surface area contributed by atoms with E-state index in [4.69, 9.17) is 0 Å².